The minimum atomic E-state index is -0.684. The first kappa shape index (κ1) is 17.9. The predicted octanol–water partition coefficient (Wildman–Crippen LogP) is 3.99. The van der Waals surface area contributed by atoms with Crippen LogP contribution in [0.3, 0.4) is 0 Å². The molecule has 0 amide bonds. The van der Waals surface area contributed by atoms with E-state index < -0.39 is 11.8 Å². The van der Waals surface area contributed by atoms with Crippen LogP contribution in [0.2, 0.25) is 0 Å². The molecule has 0 N–H and O–H groups in total. The van der Waals surface area contributed by atoms with Crippen LogP contribution in [-0.4, -0.2) is 25.9 Å². The highest BCUT2D eigenvalue weighted by Crippen LogP contribution is 2.21. The van der Waals surface area contributed by atoms with Crippen molar-refractivity contribution in [3.63, 3.8) is 0 Å². The number of fused-ring (bicyclic) bond motifs is 2. The van der Waals surface area contributed by atoms with E-state index in [-0.39, 0.29) is 12.2 Å². The Hall–Kier alpha value is -3.48. The van der Waals surface area contributed by atoms with Crippen LogP contribution in [0.15, 0.2) is 36.4 Å². The molecule has 4 aromatic rings. The second-order valence-electron chi connectivity index (χ2n) is 6.54. The predicted molar refractivity (Wildman–Crippen MR) is 102 cm³/mol. The van der Waals surface area contributed by atoms with E-state index in [1.807, 2.05) is 24.3 Å². The summed E-state index contributed by atoms with van der Waals surface area (Å²) in [7, 11) is 0. The molecule has 7 heteroatoms. The first-order valence-electron chi connectivity index (χ1n) is 8.76. The highest BCUT2D eigenvalue weighted by molar-refractivity contribution is 6.01. The molecular formula is C21H17FN4O2. The van der Waals surface area contributed by atoms with Crippen molar-refractivity contribution in [1.82, 2.24) is 19.9 Å². The number of esters is 1. The van der Waals surface area contributed by atoms with Crippen molar-refractivity contribution in [1.29, 1.82) is 0 Å². The number of carbonyl (C=O) groups is 1. The van der Waals surface area contributed by atoms with Crippen LogP contribution in [0.4, 0.5) is 4.39 Å². The maximum Gasteiger partial charge on any atom is 0.340 e. The topological polar surface area (TPSA) is 77.9 Å². The van der Waals surface area contributed by atoms with Gasteiger partial charge in [0.25, 0.3) is 0 Å². The largest absolute Gasteiger partial charge is 0.455 e. The van der Waals surface area contributed by atoms with Gasteiger partial charge in [0.15, 0.2) is 0 Å². The number of hydrogen-bond acceptors (Lipinski definition) is 6. The molecule has 6 nitrogen and oxygen atoms in total. The molecule has 0 atom stereocenters. The summed E-state index contributed by atoms with van der Waals surface area (Å²) in [4.78, 5) is 30.3. The lowest BCUT2D eigenvalue weighted by Crippen LogP contribution is -2.10. The average Bonchev–Trinajstić information content (AvgIpc) is 2.66. The zero-order valence-corrected chi connectivity index (χ0v) is 15.7. The lowest BCUT2D eigenvalue weighted by Gasteiger charge is -2.10. The Balaban J connectivity index is 1.66. The van der Waals surface area contributed by atoms with Gasteiger partial charge in [0, 0.05) is 6.07 Å². The number of hydrogen-bond donors (Lipinski definition) is 0. The summed E-state index contributed by atoms with van der Waals surface area (Å²) >= 11 is 0. The third-order valence-corrected chi connectivity index (χ3v) is 4.55. The molecule has 0 aliphatic rings. The maximum atomic E-state index is 14.0. The Kier molecular flexibility index (Phi) is 4.43. The molecule has 28 heavy (non-hydrogen) atoms. The fourth-order valence-corrected chi connectivity index (χ4v) is 2.93. The van der Waals surface area contributed by atoms with E-state index >= 15 is 0 Å². The highest BCUT2D eigenvalue weighted by Gasteiger charge is 2.18. The summed E-state index contributed by atoms with van der Waals surface area (Å²) in [5.41, 5.74) is 4.72. The Morgan fingerprint density at radius 2 is 1.54 bits per heavy atom. The first-order chi connectivity index (χ1) is 13.4. The number of para-hydroxylation sites is 2. The lowest BCUT2D eigenvalue weighted by atomic mass is 10.1. The summed E-state index contributed by atoms with van der Waals surface area (Å²) in [5.74, 6) is -1.25. The molecule has 2 heterocycles. The summed E-state index contributed by atoms with van der Waals surface area (Å²) in [6.07, 6.45) is 0. The van der Waals surface area contributed by atoms with Gasteiger partial charge in [-0.2, -0.15) is 0 Å². The third kappa shape index (κ3) is 3.26. The van der Waals surface area contributed by atoms with E-state index in [1.165, 1.54) is 6.07 Å². The summed E-state index contributed by atoms with van der Waals surface area (Å²) in [5, 5.41) is 0. The van der Waals surface area contributed by atoms with Crippen molar-refractivity contribution in [3.05, 3.63) is 70.6 Å². The van der Waals surface area contributed by atoms with Gasteiger partial charge in [-0.3, -0.25) is 0 Å². The van der Waals surface area contributed by atoms with Gasteiger partial charge in [-0.15, -0.1) is 0 Å². The number of benzene rings is 2. The standard InChI is InChI=1S/C21H17FN4O2/c1-11-12(2)25-20-15(8-14(22)9-18(20)23-11)21(27)28-10-19-13(3)24-16-6-4-5-7-17(16)26-19/h4-9H,10H2,1-3H3. The first-order valence-corrected chi connectivity index (χ1v) is 8.76. The van der Waals surface area contributed by atoms with Crippen LogP contribution in [0.5, 0.6) is 0 Å². The molecule has 0 radical (unpaired) electrons. The molecular weight excluding hydrogens is 359 g/mol. The second-order valence-corrected chi connectivity index (χ2v) is 6.54. The fourth-order valence-electron chi connectivity index (χ4n) is 2.93. The second kappa shape index (κ2) is 6.92. The van der Waals surface area contributed by atoms with Gasteiger partial charge in [0.05, 0.1) is 44.9 Å². The molecule has 140 valence electrons. The van der Waals surface area contributed by atoms with E-state index in [9.17, 15) is 9.18 Å². The molecule has 0 spiro atoms. The minimum Gasteiger partial charge on any atom is -0.455 e. The molecule has 2 aromatic carbocycles. The molecule has 0 saturated carbocycles. The van der Waals surface area contributed by atoms with Crippen molar-refractivity contribution < 1.29 is 13.9 Å². The van der Waals surface area contributed by atoms with Crippen molar-refractivity contribution >= 4 is 28.0 Å². The summed E-state index contributed by atoms with van der Waals surface area (Å²) < 4.78 is 19.4. The van der Waals surface area contributed by atoms with Crippen LogP contribution in [0, 0.1) is 26.6 Å². The van der Waals surface area contributed by atoms with Gasteiger partial charge in [-0.1, -0.05) is 12.1 Å². The van der Waals surface area contributed by atoms with Crippen molar-refractivity contribution in [2.24, 2.45) is 0 Å². The van der Waals surface area contributed by atoms with Crippen LogP contribution in [0.1, 0.15) is 33.1 Å². The van der Waals surface area contributed by atoms with E-state index in [0.29, 0.717) is 39.3 Å². The van der Waals surface area contributed by atoms with Gasteiger partial charge in [0.1, 0.15) is 17.9 Å². The number of rotatable bonds is 3. The van der Waals surface area contributed by atoms with Crippen molar-refractivity contribution in [2.75, 3.05) is 0 Å². The Labute approximate surface area is 160 Å². The Morgan fingerprint density at radius 3 is 2.29 bits per heavy atom. The van der Waals surface area contributed by atoms with Crippen LogP contribution in [-0.2, 0) is 11.3 Å². The number of halogens is 1. The zero-order chi connectivity index (χ0) is 19.8. The smallest absolute Gasteiger partial charge is 0.340 e. The zero-order valence-electron chi connectivity index (χ0n) is 15.7. The number of carbonyl (C=O) groups excluding carboxylic acids is 1. The van der Waals surface area contributed by atoms with E-state index in [2.05, 4.69) is 19.9 Å². The number of aromatic nitrogens is 4. The molecule has 0 unspecified atom stereocenters. The van der Waals surface area contributed by atoms with Gasteiger partial charge in [0.2, 0.25) is 0 Å². The normalized spacial score (nSPS) is 11.1. The molecule has 0 bridgehead atoms. The quantitative estimate of drug-likeness (QED) is 0.503. The lowest BCUT2D eigenvalue weighted by molar-refractivity contribution is 0.0468. The van der Waals surface area contributed by atoms with Gasteiger partial charge >= 0.3 is 5.97 Å². The summed E-state index contributed by atoms with van der Waals surface area (Å²) in [6, 6.07) is 9.83. The molecule has 0 fully saturated rings. The Morgan fingerprint density at radius 1 is 0.893 bits per heavy atom. The van der Waals surface area contributed by atoms with Crippen LogP contribution in [0.25, 0.3) is 22.1 Å². The average molecular weight is 376 g/mol. The number of ether oxygens (including phenoxy) is 1. The van der Waals surface area contributed by atoms with Crippen LogP contribution < -0.4 is 0 Å². The Bertz CT molecular complexity index is 1240. The van der Waals surface area contributed by atoms with Gasteiger partial charge in [-0.05, 0) is 39.0 Å². The third-order valence-electron chi connectivity index (χ3n) is 4.55. The van der Waals surface area contributed by atoms with Crippen molar-refractivity contribution in [2.45, 2.75) is 27.4 Å². The van der Waals surface area contributed by atoms with Gasteiger partial charge < -0.3 is 4.74 Å². The molecule has 0 aliphatic carbocycles. The fraction of sp³-hybridized carbons (Fsp3) is 0.190. The molecule has 0 saturated heterocycles. The minimum absolute atomic E-state index is 0.0389. The van der Waals surface area contributed by atoms with Crippen molar-refractivity contribution in [3.8, 4) is 0 Å². The summed E-state index contributed by atoms with van der Waals surface area (Å²) in [6.45, 7) is 5.30. The molecule has 4 rings (SSSR count). The SMILES string of the molecule is Cc1nc2cc(F)cc(C(=O)OCc3nc4ccccc4nc3C)c2nc1C. The molecule has 2 aromatic heterocycles. The van der Waals surface area contributed by atoms with E-state index in [1.54, 1.807) is 20.8 Å². The van der Waals surface area contributed by atoms with E-state index in [0.717, 1.165) is 11.6 Å². The number of aryl methyl sites for hydroxylation is 3. The van der Waals surface area contributed by atoms with E-state index in [4.69, 9.17) is 4.74 Å². The van der Waals surface area contributed by atoms with Crippen LogP contribution >= 0.6 is 0 Å². The monoisotopic (exact) mass is 376 g/mol. The molecule has 0 aliphatic heterocycles. The number of nitrogens with zero attached hydrogens (tertiary/aromatic N) is 4. The maximum absolute atomic E-state index is 14.0. The highest BCUT2D eigenvalue weighted by atomic mass is 19.1. The van der Waals surface area contributed by atoms with Gasteiger partial charge in [-0.25, -0.2) is 29.1 Å².